The molecule has 1 N–H and O–H groups in total. The lowest BCUT2D eigenvalue weighted by atomic mass is 9.84. The number of esters is 1. The Bertz CT molecular complexity index is 1090. The lowest BCUT2D eigenvalue weighted by Gasteiger charge is -2.40. The van der Waals surface area contributed by atoms with Crippen LogP contribution in [0, 0.1) is 5.92 Å². The number of ether oxygens (including phenoxy) is 2. The Morgan fingerprint density at radius 2 is 1.56 bits per heavy atom. The van der Waals surface area contributed by atoms with Crippen LogP contribution in [0.3, 0.4) is 0 Å². The third kappa shape index (κ3) is 6.95. The van der Waals surface area contributed by atoms with Crippen molar-refractivity contribution in [3.8, 4) is 0 Å². The number of cyclic esters (lactones) is 1. The number of hydrogen-bond acceptors (Lipinski definition) is 7. The summed E-state index contributed by atoms with van der Waals surface area (Å²) in [5.41, 5.74) is 1.81. The van der Waals surface area contributed by atoms with E-state index in [9.17, 15) is 19.5 Å². The third-order valence-corrected chi connectivity index (χ3v) is 12.5. The first-order valence-electron chi connectivity index (χ1n) is 13.3. The molecule has 0 saturated carbocycles. The molecule has 212 valence electrons. The number of carbonyl (C=O) groups is 3. The second-order valence-electron chi connectivity index (χ2n) is 11.6. The van der Waals surface area contributed by atoms with Crippen molar-refractivity contribution in [1.29, 1.82) is 0 Å². The van der Waals surface area contributed by atoms with Gasteiger partial charge in [0.05, 0.1) is 37.7 Å². The van der Waals surface area contributed by atoms with E-state index in [1.54, 1.807) is 6.92 Å². The smallest absolute Gasteiger partial charge is 0.417 e. The van der Waals surface area contributed by atoms with Gasteiger partial charge < -0.3 is 19.0 Å². The average molecular weight is 556 g/mol. The Hall–Kier alpha value is -3.01. The molecule has 0 aromatic heterocycles. The Labute approximate surface area is 232 Å². The standard InChI is InChI=1S/C30H41NO7Si/c1-20(38-39(6,7)30(2,3)4)27(33)23(18-25(32)36-5)28(34)31-24(19-37-29(31)35)26(21-14-10-8-11-15-21)22-16-12-9-13-17-22/h8-17,20,23-24,26-27,33H,18-19H2,1-7H3/t20-,23+,24-,27-/m0/s1. The Morgan fingerprint density at radius 1 is 1.05 bits per heavy atom. The lowest BCUT2D eigenvalue weighted by molar-refractivity contribution is -0.151. The van der Waals surface area contributed by atoms with Crippen molar-refractivity contribution in [2.75, 3.05) is 13.7 Å². The number of hydrogen-bond donors (Lipinski definition) is 1. The molecule has 1 fully saturated rings. The van der Waals surface area contributed by atoms with Gasteiger partial charge >= 0.3 is 12.1 Å². The molecule has 8 nitrogen and oxygen atoms in total. The molecular weight excluding hydrogens is 514 g/mol. The lowest BCUT2D eigenvalue weighted by Crippen LogP contribution is -2.53. The zero-order chi connectivity index (χ0) is 29.0. The van der Waals surface area contributed by atoms with E-state index >= 15 is 0 Å². The molecule has 39 heavy (non-hydrogen) atoms. The molecule has 0 spiro atoms. The number of rotatable bonds is 10. The van der Waals surface area contributed by atoms with Crippen molar-refractivity contribution < 1.29 is 33.4 Å². The van der Waals surface area contributed by atoms with Crippen molar-refractivity contribution in [2.45, 2.75) is 76.4 Å². The van der Waals surface area contributed by atoms with Gasteiger partial charge in [0.2, 0.25) is 5.91 Å². The molecule has 0 aliphatic carbocycles. The molecular formula is C30H41NO7Si. The highest BCUT2D eigenvalue weighted by Gasteiger charge is 2.49. The normalized spacial score (nSPS) is 18.4. The van der Waals surface area contributed by atoms with E-state index in [-0.39, 0.29) is 17.6 Å². The van der Waals surface area contributed by atoms with Crippen molar-refractivity contribution in [3.63, 3.8) is 0 Å². The fourth-order valence-electron chi connectivity index (χ4n) is 4.73. The van der Waals surface area contributed by atoms with Crippen LogP contribution in [0.1, 0.15) is 51.2 Å². The monoisotopic (exact) mass is 555 g/mol. The van der Waals surface area contributed by atoms with E-state index in [0.717, 1.165) is 16.0 Å². The van der Waals surface area contributed by atoms with Crippen LogP contribution in [0.5, 0.6) is 0 Å². The summed E-state index contributed by atoms with van der Waals surface area (Å²) in [7, 11) is -1.10. The number of imide groups is 1. The number of aliphatic hydroxyl groups excluding tert-OH is 1. The van der Waals surface area contributed by atoms with E-state index in [4.69, 9.17) is 13.9 Å². The second-order valence-corrected chi connectivity index (χ2v) is 16.4. The van der Waals surface area contributed by atoms with Crippen molar-refractivity contribution in [2.24, 2.45) is 5.92 Å². The maximum absolute atomic E-state index is 14.1. The Balaban J connectivity index is 1.99. The molecule has 9 heteroatoms. The van der Waals surface area contributed by atoms with Crippen LogP contribution in [0.25, 0.3) is 0 Å². The van der Waals surface area contributed by atoms with Crippen LogP contribution in [0.4, 0.5) is 4.79 Å². The first-order valence-corrected chi connectivity index (χ1v) is 16.2. The summed E-state index contributed by atoms with van der Waals surface area (Å²) in [6, 6.07) is 18.5. The van der Waals surface area contributed by atoms with E-state index in [2.05, 4.69) is 20.8 Å². The van der Waals surface area contributed by atoms with Crippen LogP contribution >= 0.6 is 0 Å². The SMILES string of the molecule is COC(=O)C[C@@H](C(=O)N1C(=O)OC[C@H]1C(c1ccccc1)c1ccccc1)[C@@H](O)[C@H](C)O[Si](C)(C)C(C)(C)C. The number of carbonyl (C=O) groups excluding carboxylic acids is 3. The molecule has 2 aromatic rings. The van der Waals surface area contributed by atoms with Gasteiger partial charge in [0, 0.05) is 5.92 Å². The summed E-state index contributed by atoms with van der Waals surface area (Å²) in [5.74, 6) is -3.00. The number of methoxy groups -OCH3 is 1. The minimum Gasteiger partial charge on any atom is -0.469 e. The van der Waals surface area contributed by atoms with Crippen molar-refractivity contribution in [1.82, 2.24) is 4.90 Å². The minimum absolute atomic E-state index is 0.0178. The van der Waals surface area contributed by atoms with Crippen molar-refractivity contribution in [3.05, 3.63) is 71.8 Å². The number of aliphatic hydroxyl groups is 1. The minimum atomic E-state index is -2.32. The van der Waals surface area contributed by atoms with Crippen LogP contribution in [0.15, 0.2) is 60.7 Å². The summed E-state index contributed by atoms with van der Waals surface area (Å²) in [5, 5.41) is 11.3. The highest BCUT2D eigenvalue weighted by Crippen LogP contribution is 2.39. The predicted octanol–water partition coefficient (Wildman–Crippen LogP) is 5.12. The van der Waals surface area contributed by atoms with Gasteiger partial charge in [-0.1, -0.05) is 81.4 Å². The maximum Gasteiger partial charge on any atom is 0.417 e. The summed E-state index contributed by atoms with van der Waals surface area (Å²) < 4.78 is 16.6. The van der Waals surface area contributed by atoms with E-state index in [0.29, 0.717) is 0 Å². The summed E-state index contributed by atoms with van der Waals surface area (Å²) in [6.07, 6.45) is -3.33. The molecule has 0 unspecified atom stereocenters. The fraction of sp³-hybridized carbons (Fsp3) is 0.500. The van der Waals surface area contributed by atoms with Gasteiger partial charge in [-0.15, -0.1) is 0 Å². The molecule has 1 saturated heterocycles. The van der Waals surface area contributed by atoms with Gasteiger partial charge in [-0.25, -0.2) is 9.69 Å². The second kappa shape index (κ2) is 12.4. The largest absolute Gasteiger partial charge is 0.469 e. The zero-order valence-electron chi connectivity index (χ0n) is 23.9. The molecule has 4 atom stereocenters. The first-order chi connectivity index (χ1) is 18.3. The zero-order valence-corrected chi connectivity index (χ0v) is 24.9. The van der Waals surface area contributed by atoms with Crippen LogP contribution in [0.2, 0.25) is 18.1 Å². The third-order valence-electron chi connectivity index (χ3n) is 7.96. The summed E-state index contributed by atoms with van der Waals surface area (Å²) in [4.78, 5) is 40.6. The number of benzene rings is 2. The predicted molar refractivity (Wildman–Crippen MR) is 151 cm³/mol. The van der Waals surface area contributed by atoms with Crippen LogP contribution in [-0.2, 0) is 23.5 Å². The number of nitrogens with zero attached hydrogens (tertiary/aromatic N) is 1. The highest BCUT2D eigenvalue weighted by atomic mass is 28.4. The number of amides is 2. The van der Waals surface area contributed by atoms with Gasteiger partial charge in [-0.05, 0) is 36.2 Å². The summed E-state index contributed by atoms with van der Waals surface area (Å²) in [6.45, 7) is 12.0. The van der Waals surface area contributed by atoms with Gasteiger partial charge in [-0.2, -0.15) is 0 Å². The molecule has 1 aliphatic rings. The summed E-state index contributed by atoms with van der Waals surface area (Å²) >= 11 is 0. The Morgan fingerprint density at radius 3 is 2.03 bits per heavy atom. The van der Waals surface area contributed by atoms with E-state index in [1.165, 1.54) is 7.11 Å². The highest BCUT2D eigenvalue weighted by molar-refractivity contribution is 6.74. The van der Waals surface area contributed by atoms with Crippen LogP contribution < -0.4 is 0 Å². The first kappa shape index (κ1) is 30.5. The fourth-order valence-corrected chi connectivity index (χ4v) is 6.15. The Kier molecular flexibility index (Phi) is 9.74. The van der Waals surface area contributed by atoms with Gasteiger partial charge in [0.25, 0.3) is 0 Å². The van der Waals surface area contributed by atoms with Gasteiger partial charge in [-0.3, -0.25) is 9.59 Å². The van der Waals surface area contributed by atoms with Gasteiger partial charge in [0.15, 0.2) is 8.32 Å². The molecule has 0 bridgehead atoms. The molecule has 0 radical (unpaired) electrons. The van der Waals surface area contributed by atoms with Gasteiger partial charge in [0.1, 0.15) is 6.61 Å². The molecule has 1 aliphatic heterocycles. The van der Waals surface area contributed by atoms with E-state index < -0.39 is 56.9 Å². The topological polar surface area (TPSA) is 102 Å². The molecule has 2 aromatic carbocycles. The van der Waals surface area contributed by atoms with Crippen LogP contribution in [-0.4, -0.2) is 68.3 Å². The molecule has 1 heterocycles. The van der Waals surface area contributed by atoms with Crippen molar-refractivity contribution >= 4 is 26.3 Å². The quantitative estimate of drug-likeness (QED) is 0.321. The molecule has 2 amide bonds. The average Bonchev–Trinajstić information content (AvgIpc) is 3.27. The van der Waals surface area contributed by atoms with E-state index in [1.807, 2.05) is 73.8 Å². The maximum atomic E-state index is 14.1. The molecule has 3 rings (SSSR count).